The van der Waals surface area contributed by atoms with Crippen molar-refractivity contribution < 1.29 is 9.47 Å². The second-order valence-corrected chi connectivity index (χ2v) is 5.12. The third-order valence-electron chi connectivity index (χ3n) is 3.63. The number of rotatable bonds is 6. The summed E-state index contributed by atoms with van der Waals surface area (Å²) < 4.78 is 11.4. The summed E-state index contributed by atoms with van der Waals surface area (Å²) in [6, 6.07) is 10.3. The first-order valence-electron chi connectivity index (χ1n) is 6.69. The summed E-state index contributed by atoms with van der Waals surface area (Å²) in [6.45, 7) is 4.23. The molecule has 0 unspecified atom stereocenters. The summed E-state index contributed by atoms with van der Waals surface area (Å²) in [4.78, 5) is 0. The lowest BCUT2D eigenvalue weighted by Crippen LogP contribution is -2.41. The van der Waals surface area contributed by atoms with Gasteiger partial charge < -0.3 is 14.8 Å². The molecular weight excluding hydrogens is 226 g/mol. The fourth-order valence-electron chi connectivity index (χ4n) is 2.51. The van der Waals surface area contributed by atoms with Gasteiger partial charge >= 0.3 is 0 Å². The average Bonchev–Trinajstić information content (AvgIpc) is 2.41. The summed E-state index contributed by atoms with van der Waals surface area (Å²) in [5, 5.41) is 3.29. The predicted octanol–water partition coefficient (Wildman–Crippen LogP) is 2.22. The number of ether oxygens (including phenoxy) is 2. The van der Waals surface area contributed by atoms with Gasteiger partial charge in [-0.2, -0.15) is 0 Å². The van der Waals surface area contributed by atoms with Crippen LogP contribution in [-0.4, -0.2) is 33.4 Å². The minimum atomic E-state index is 0.252. The average molecular weight is 249 g/mol. The Kier molecular flexibility index (Phi) is 5.17. The van der Waals surface area contributed by atoms with Gasteiger partial charge in [-0.3, -0.25) is 0 Å². The minimum absolute atomic E-state index is 0.252. The monoisotopic (exact) mass is 249 g/mol. The molecule has 1 saturated heterocycles. The summed E-state index contributed by atoms with van der Waals surface area (Å²) in [6.07, 6.45) is 2.17. The Hall–Kier alpha value is -0.900. The fourth-order valence-corrected chi connectivity index (χ4v) is 2.51. The summed E-state index contributed by atoms with van der Waals surface area (Å²) in [7, 11) is 2.01. The van der Waals surface area contributed by atoms with Crippen molar-refractivity contribution in [1.29, 1.82) is 0 Å². The van der Waals surface area contributed by atoms with E-state index in [0.717, 1.165) is 39.2 Å². The molecule has 1 aliphatic heterocycles. The molecule has 3 heteroatoms. The maximum Gasteiger partial charge on any atom is 0.0717 e. The van der Waals surface area contributed by atoms with Gasteiger partial charge in [0.1, 0.15) is 0 Å². The fraction of sp³-hybridized carbons (Fsp3) is 0.600. The molecule has 1 heterocycles. The van der Waals surface area contributed by atoms with Gasteiger partial charge in [-0.15, -0.1) is 0 Å². The van der Waals surface area contributed by atoms with E-state index in [1.165, 1.54) is 5.56 Å². The zero-order chi connectivity index (χ0) is 12.7. The van der Waals surface area contributed by atoms with Crippen LogP contribution in [0.2, 0.25) is 0 Å². The molecule has 1 aliphatic rings. The van der Waals surface area contributed by atoms with E-state index in [0.29, 0.717) is 6.61 Å². The first-order valence-corrected chi connectivity index (χ1v) is 6.69. The molecule has 1 aromatic carbocycles. The topological polar surface area (TPSA) is 30.5 Å². The van der Waals surface area contributed by atoms with Crippen molar-refractivity contribution in [2.75, 3.05) is 33.4 Å². The molecule has 0 aromatic heterocycles. The molecule has 0 radical (unpaired) electrons. The molecule has 100 valence electrons. The van der Waals surface area contributed by atoms with Crippen LogP contribution in [0.1, 0.15) is 18.4 Å². The number of nitrogens with one attached hydrogen (secondary N) is 1. The van der Waals surface area contributed by atoms with Crippen LogP contribution in [0.3, 0.4) is 0 Å². The van der Waals surface area contributed by atoms with Gasteiger partial charge in [-0.25, -0.2) is 0 Å². The standard InChI is InChI=1S/C15H23NO2/c1-16-12-15(7-9-17-10-8-15)13-18-11-14-5-3-2-4-6-14/h2-6,16H,7-13H2,1H3. The quantitative estimate of drug-likeness (QED) is 0.838. The van der Waals surface area contributed by atoms with Crippen molar-refractivity contribution in [3.63, 3.8) is 0 Å². The molecule has 18 heavy (non-hydrogen) atoms. The lowest BCUT2D eigenvalue weighted by Gasteiger charge is -2.36. The molecule has 1 fully saturated rings. The normalized spacial score (nSPS) is 18.7. The molecule has 3 nitrogen and oxygen atoms in total. The Bertz CT molecular complexity index is 328. The first kappa shape index (κ1) is 13.5. The maximum absolute atomic E-state index is 5.92. The largest absolute Gasteiger partial charge is 0.381 e. The highest BCUT2D eigenvalue weighted by atomic mass is 16.5. The van der Waals surface area contributed by atoms with E-state index in [2.05, 4.69) is 29.6 Å². The number of hydrogen-bond donors (Lipinski definition) is 1. The number of benzene rings is 1. The van der Waals surface area contributed by atoms with Crippen LogP contribution >= 0.6 is 0 Å². The van der Waals surface area contributed by atoms with Crippen LogP contribution in [0.15, 0.2) is 30.3 Å². The zero-order valence-electron chi connectivity index (χ0n) is 11.2. The third-order valence-corrected chi connectivity index (χ3v) is 3.63. The Morgan fingerprint density at radius 3 is 2.61 bits per heavy atom. The highest BCUT2D eigenvalue weighted by molar-refractivity contribution is 5.13. The van der Waals surface area contributed by atoms with Crippen molar-refractivity contribution in [3.05, 3.63) is 35.9 Å². The van der Waals surface area contributed by atoms with Crippen molar-refractivity contribution in [3.8, 4) is 0 Å². The molecular formula is C15H23NO2. The van der Waals surface area contributed by atoms with Gasteiger partial charge in [0.05, 0.1) is 13.2 Å². The first-order chi connectivity index (χ1) is 8.85. The molecule has 0 bridgehead atoms. The highest BCUT2D eigenvalue weighted by Crippen LogP contribution is 2.30. The Morgan fingerprint density at radius 2 is 1.94 bits per heavy atom. The third kappa shape index (κ3) is 3.80. The maximum atomic E-state index is 5.92. The van der Waals surface area contributed by atoms with Gasteiger partial charge in [0.15, 0.2) is 0 Å². The van der Waals surface area contributed by atoms with E-state index in [-0.39, 0.29) is 5.41 Å². The molecule has 2 rings (SSSR count). The van der Waals surface area contributed by atoms with E-state index in [4.69, 9.17) is 9.47 Å². The molecule has 0 spiro atoms. The van der Waals surface area contributed by atoms with Crippen LogP contribution in [0.4, 0.5) is 0 Å². The van der Waals surface area contributed by atoms with E-state index in [1.54, 1.807) is 0 Å². The van der Waals surface area contributed by atoms with Crippen LogP contribution < -0.4 is 5.32 Å². The van der Waals surface area contributed by atoms with Crippen molar-refractivity contribution in [2.45, 2.75) is 19.4 Å². The van der Waals surface area contributed by atoms with E-state index < -0.39 is 0 Å². The van der Waals surface area contributed by atoms with E-state index in [1.807, 2.05) is 13.1 Å². The predicted molar refractivity (Wildman–Crippen MR) is 72.5 cm³/mol. The number of hydrogen-bond acceptors (Lipinski definition) is 3. The molecule has 0 atom stereocenters. The summed E-state index contributed by atoms with van der Waals surface area (Å²) >= 11 is 0. The van der Waals surface area contributed by atoms with Crippen LogP contribution in [0.25, 0.3) is 0 Å². The second-order valence-electron chi connectivity index (χ2n) is 5.12. The summed E-state index contributed by atoms with van der Waals surface area (Å²) in [5.74, 6) is 0. The van der Waals surface area contributed by atoms with Gasteiger partial charge in [0.25, 0.3) is 0 Å². The van der Waals surface area contributed by atoms with Crippen LogP contribution in [0.5, 0.6) is 0 Å². The van der Waals surface area contributed by atoms with Gasteiger partial charge in [-0.1, -0.05) is 30.3 Å². The molecule has 1 aromatic rings. The Labute approximate surface area is 109 Å². The second kappa shape index (κ2) is 6.88. The minimum Gasteiger partial charge on any atom is -0.381 e. The van der Waals surface area contributed by atoms with E-state index in [9.17, 15) is 0 Å². The van der Waals surface area contributed by atoms with Gasteiger partial charge in [-0.05, 0) is 25.5 Å². The van der Waals surface area contributed by atoms with Crippen LogP contribution in [0, 0.1) is 5.41 Å². The van der Waals surface area contributed by atoms with Crippen molar-refractivity contribution in [2.24, 2.45) is 5.41 Å². The molecule has 0 aliphatic carbocycles. The lowest BCUT2D eigenvalue weighted by molar-refractivity contribution is -0.0422. The Balaban J connectivity index is 1.82. The highest BCUT2D eigenvalue weighted by Gasteiger charge is 2.32. The van der Waals surface area contributed by atoms with Gasteiger partial charge in [0.2, 0.25) is 0 Å². The smallest absolute Gasteiger partial charge is 0.0717 e. The lowest BCUT2D eigenvalue weighted by atomic mass is 9.81. The SMILES string of the molecule is CNCC1(COCc2ccccc2)CCOCC1. The van der Waals surface area contributed by atoms with Gasteiger partial charge in [0, 0.05) is 25.2 Å². The zero-order valence-corrected chi connectivity index (χ0v) is 11.2. The van der Waals surface area contributed by atoms with Crippen LogP contribution in [-0.2, 0) is 16.1 Å². The molecule has 0 amide bonds. The van der Waals surface area contributed by atoms with E-state index >= 15 is 0 Å². The van der Waals surface area contributed by atoms with Crippen molar-refractivity contribution >= 4 is 0 Å². The molecule has 0 saturated carbocycles. The molecule has 1 N–H and O–H groups in total. The summed E-state index contributed by atoms with van der Waals surface area (Å²) in [5.41, 5.74) is 1.49. The van der Waals surface area contributed by atoms with Crippen molar-refractivity contribution in [1.82, 2.24) is 5.32 Å². The Morgan fingerprint density at radius 1 is 1.22 bits per heavy atom.